The van der Waals surface area contributed by atoms with Crippen LogP contribution in [0.2, 0.25) is 0 Å². The number of benzene rings is 3. The van der Waals surface area contributed by atoms with Crippen molar-refractivity contribution in [2.45, 2.75) is 19.4 Å². The predicted molar refractivity (Wildman–Crippen MR) is 125 cm³/mol. The lowest BCUT2D eigenvalue weighted by atomic mass is 10.1. The summed E-state index contributed by atoms with van der Waals surface area (Å²) < 4.78 is 24.8. The summed E-state index contributed by atoms with van der Waals surface area (Å²) in [5, 5.41) is 20.3. The smallest absolute Gasteiger partial charge is 0.330 e. The Hall–Kier alpha value is -4.07. The van der Waals surface area contributed by atoms with Gasteiger partial charge >= 0.3 is 5.97 Å². The molecule has 0 fully saturated rings. The molecule has 33 heavy (non-hydrogen) atoms. The molecule has 3 aromatic carbocycles. The monoisotopic (exact) mass is 451 g/mol. The van der Waals surface area contributed by atoms with Gasteiger partial charge in [-0.25, -0.2) is 9.18 Å². The van der Waals surface area contributed by atoms with Crippen LogP contribution in [0.3, 0.4) is 0 Å². The van der Waals surface area contributed by atoms with Crippen LogP contribution in [-0.4, -0.2) is 30.1 Å². The summed E-state index contributed by atoms with van der Waals surface area (Å²) in [7, 11) is 0. The minimum atomic E-state index is -1.08. The van der Waals surface area contributed by atoms with Gasteiger partial charge in [-0.15, -0.1) is 0 Å². The first-order valence-electron chi connectivity index (χ1n) is 10.4. The molecular formula is C25H26FN3O4. The lowest BCUT2D eigenvalue weighted by molar-refractivity contribution is -0.138. The fraction of sp³-hybridized carbons (Fsp3) is 0.200. The van der Waals surface area contributed by atoms with Gasteiger partial charge in [0, 0.05) is 23.7 Å². The average molecular weight is 451 g/mol. The quantitative estimate of drug-likeness (QED) is 0.254. The molecule has 0 saturated heterocycles. The molecule has 5 N–H and O–H groups in total. The van der Waals surface area contributed by atoms with Gasteiger partial charge in [-0.3, -0.25) is 5.41 Å². The first-order chi connectivity index (χ1) is 15.9. The largest absolute Gasteiger partial charge is 0.494 e. The second-order valence-electron chi connectivity index (χ2n) is 7.31. The Morgan fingerprint density at radius 3 is 2.39 bits per heavy atom. The molecule has 0 bridgehead atoms. The molecule has 3 rings (SSSR count). The van der Waals surface area contributed by atoms with Gasteiger partial charge in [-0.2, -0.15) is 0 Å². The number of rotatable bonds is 11. The molecule has 0 heterocycles. The third-order valence-electron chi connectivity index (χ3n) is 4.85. The van der Waals surface area contributed by atoms with Gasteiger partial charge in [0.05, 0.1) is 13.2 Å². The van der Waals surface area contributed by atoms with Crippen LogP contribution >= 0.6 is 0 Å². The van der Waals surface area contributed by atoms with E-state index in [1.54, 1.807) is 48.5 Å². The van der Waals surface area contributed by atoms with Crippen molar-refractivity contribution in [1.82, 2.24) is 0 Å². The van der Waals surface area contributed by atoms with E-state index in [0.717, 1.165) is 5.56 Å². The zero-order chi connectivity index (χ0) is 23.8. The zero-order valence-electron chi connectivity index (χ0n) is 18.2. The Bertz CT molecular complexity index is 1120. The molecule has 0 unspecified atom stereocenters. The summed E-state index contributed by atoms with van der Waals surface area (Å²) in [5.74, 6) is -0.520. The van der Waals surface area contributed by atoms with Crippen molar-refractivity contribution in [3.63, 3.8) is 0 Å². The molecule has 0 spiro atoms. The maximum absolute atomic E-state index is 13.4. The van der Waals surface area contributed by atoms with Crippen LogP contribution in [0.15, 0.2) is 66.7 Å². The number of aliphatic carboxylic acids is 1. The number of nitrogens with one attached hydrogen (secondary N) is 2. The van der Waals surface area contributed by atoms with E-state index < -0.39 is 12.0 Å². The van der Waals surface area contributed by atoms with E-state index in [9.17, 15) is 14.3 Å². The van der Waals surface area contributed by atoms with E-state index in [2.05, 4.69) is 5.32 Å². The minimum Gasteiger partial charge on any atom is -0.494 e. The zero-order valence-corrected chi connectivity index (χ0v) is 18.2. The van der Waals surface area contributed by atoms with E-state index in [4.69, 9.17) is 20.6 Å². The van der Waals surface area contributed by atoms with Crippen molar-refractivity contribution in [3.8, 4) is 11.5 Å². The van der Waals surface area contributed by atoms with E-state index in [1.807, 2.05) is 13.0 Å². The molecule has 1 atom stereocenters. The lowest BCUT2D eigenvalue weighted by Crippen LogP contribution is -2.21. The van der Waals surface area contributed by atoms with Crippen molar-refractivity contribution < 1.29 is 23.8 Å². The number of carbonyl (C=O) groups is 1. The van der Waals surface area contributed by atoms with Crippen LogP contribution in [0.5, 0.6) is 11.5 Å². The van der Waals surface area contributed by atoms with Gasteiger partial charge in [-0.1, -0.05) is 12.1 Å². The first-order valence-corrected chi connectivity index (χ1v) is 10.4. The van der Waals surface area contributed by atoms with Gasteiger partial charge in [0.15, 0.2) is 6.04 Å². The van der Waals surface area contributed by atoms with Gasteiger partial charge in [0.25, 0.3) is 0 Å². The molecular weight excluding hydrogens is 425 g/mol. The number of nitrogen functional groups attached to an aromatic ring is 1. The van der Waals surface area contributed by atoms with Crippen molar-refractivity contribution in [1.29, 1.82) is 5.41 Å². The molecule has 0 aliphatic heterocycles. The van der Waals surface area contributed by atoms with Crippen LogP contribution in [0.4, 0.5) is 10.1 Å². The van der Waals surface area contributed by atoms with Crippen LogP contribution in [0, 0.1) is 11.2 Å². The highest BCUT2D eigenvalue weighted by atomic mass is 19.1. The lowest BCUT2D eigenvalue weighted by Gasteiger charge is -2.19. The molecule has 0 aromatic heterocycles. The van der Waals surface area contributed by atoms with Gasteiger partial charge in [0.2, 0.25) is 0 Å². The Balaban J connectivity index is 1.79. The van der Waals surface area contributed by atoms with Crippen molar-refractivity contribution in [2.24, 2.45) is 5.73 Å². The van der Waals surface area contributed by atoms with Crippen molar-refractivity contribution in [2.75, 3.05) is 18.5 Å². The second-order valence-corrected chi connectivity index (χ2v) is 7.31. The summed E-state index contributed by atoms with van der Waals surface area (Å²) in [4.78, 5) is 12.1. The molecule has 0 radical (unpaired) electrons. The van der Waals surface area contributed by atoms with Crippen molar-refractivity contribution in [3.05, 3.63) is 89.2 Å². The Labute approximate surface area is 191 Å². The Morgan fingerprint density at radius 1 is 1.09 bits per heavy atom. The van der Waals surface area contributed by atoms with Crippen LogP contribution in [0.1, 0.15) is 29.7 Å². The van der Waals surface area contributed by atoms with Crippen LogP contribution in [-0.2, 0) is 11.2 Å². The minimum absolute atomic E-state index is 0.0687. The molecule has 7 nitrogen and oxygen atoms in total. The van der Waals surface area contributed by atoms with E-state index in [1.165, 1.54) is 12.1 Å². The highest BCUT2D eigenvalue weighted by molar-refractivity contribution is 5.95. The first kappa shape index (κ1) is 23.6. The molecule has 3 aromatic rings. The highest BCUT2D eigenvalue weighted by Crippen LogP contribution is 2.29. The van der Waals surface area contributed by atoms with Crippen LogP contribution in [0.25, 0.3) is 0 Å². The number of nitrogens with two attached hydrogens (primary N) is 1. The van der Waals surface area contributed by atoms with E-state index >= 15 is 0 Å². The van der Waals surface area contributed by atoms with Gasteiger partial charge in [-0.05, 0) is 66.6 Å². The normalized spacial score (nSPS) is 11.5. The Morgan fingerprint density at radius 2 is 1.79 bits per heavy atom. The summed E-state index contributed by atoms with van der Waals surface area (Å²) in [5.41, 5.74) is 7.82. The van der Waals surface area contributed by atoms with E-state index in [-0.39, 0.29) is 18.3 Å². The van der Waals surface area contributed by atoms with Crippen molar-refractivity contribution >= 4 is 17.5 Å². The number of anilines is 1. The number of carboxylic acid groups (broad SMARTS) is 1. The summed E-state index contributed by atoms with van der Waals surface area (Å²) in [6.45, 7) is 2.53. The molecule has 0 aliphatic carbocycles. The van der Waals surface area contributed by atoms with Gasteiger partial charge in [0.1, 0.15) is 23.2 Å². The third kappa shape index (κ3) is 6.70. The molecule has 172 valence electrons. The predicted octanol–water partition coefficient (Wildman–Crippen LogP) is 4.37. The number of halogens is 1. The number of amidine groups is 1. The number of carboxylic acids is 1. The summed E-state index contributed by atoms with van der Waals surface area (Å²) in [6, 6.07) is 16.8. The highest BCUT2D eigenvalue weighted by Gasteiger charge is 2.22. The number of hydrogen-bond donors (Lipinski definition) is 4. The van der Waals surface area contributed by atoms with Crippen LogP contribution < -0.4 is 20.5 Å². The fourth-order valence-electron chi connectivity index (χ4n) is 3.27. The third-order valence-corrected chi connectivity index (χ3v) is 4.85. The molecule has 0 amide bonds. The van der Waals surface area contributed by atoms with Gasteiger partial charge < -0.3 is 25.6 Å². The maximum Gasteiger partial charge on any atom is 0.330 e. The summed E-state index contributed by atoms with van der Waals surface area (Å²) in [6.07, 6.45) is 0.495. The fourth-order valence-corrected chi connectivity index (χ4v) is 3.27. The maximum atomic E-state index is 13.4. The molecule has 0 saturated carbocycles. The standard InChI is InChI=1S/C25H26FN3O4/c1-2-32-21-13-18(14-22(15-21)33-11-10-16-4-3-5-19(26)12-16)23(25(30)31)29-20-8-6-17(7-9-20)24(27)28/h3-9,12-15,23,29H,2,10-11H2,1H3,(H3,27,28)(H,30,31)/t23-/m1/s1. The topological polar surface area (TPSA) is 118 Å². The number of ether oxygens (including phenoxy) is 2. The molecule has 8 heteroatoms. The number of hydrogen-bond acceptors (Lipinski definition) is 5. The second kappa shape index (κ2) is 11.0. The van der Waals surface area contributed by atoms with E-state index in [0.29, 0.717) is 41.3 Å². The summed E-state index contributed by atoms with van der Waals surface area (Å²) >= 11 is 0. The SMILES string of the molecule is CCOc1cc(OCCc2cccc(F)c2)cc([C@@H](Nc2ccc(C(=N)N)cc2)C(=O)O)c1. The Kier molecular flexibility index (Phi) is 7.86. The average Bonchev–Trinajstić information content (AvgIpc) is 2.78. The molecule has 0 aliphatic rings.